The van der Waals surface area contributed by atoms with Crippen LogP contribution < -0.4 is 5.32 Å². The van der Waals surface area contributed by atoms with E-state index in [1.165, 1.54) is 35.0 Å². The quantitative estimate of drug-likeness (QED) is 0.773. The fourth-order valence-corrected chi connectivity index (χ4v) is 3.44. The first-order valence-electron chi connectivity index (χ1n) is 6.90. The Kier molecular flexibility index (Phi) is 4.05. The molecule has 1 fully saturated rings. The molecule has 0 saturated heterocycles. The van der Waals surface area contributed by atoms with Crippen molar-refractivity contribution in [1.82, 2.24) is 0 Å². The van der Waals surface area contributed by atoms with E-state index in [1.54, 1.807) is 0 Å². The van der Waals surface area contributed by atoms with Crippen LogP contribution in [0.5, 0.6) is 0 Å². The number of anilines is 1. The zero-order valence-electron chi connectivity index (χ0n) is 11.9. The Hall–Kier alpha value is -0.500. The lowest BCUT2D eigenvalue weighted by molar-refractivity contribution is 0.177. The second kappa shape index (κ2) is 5.24. The summed E-state index contributed by atoms with van der Waals surface area (Å²) in [6, 6.07) is 7.17. The minimum atomic E-state index is 0.519. The van der Waals surface area contributed by atoms with Gasteiger partial charge in [0.1, 0.15) is 0 Å². The van der Waals surface area contributed by atoms with E-state index in [-0.39, 0.29) is 0 Å². The molecule has 0 spiro atoms. The molecule has 1 nitrogen and oxygen atoms in total. The van der Waals surface area contributed by atoms with Gasteiger partial charge in [0.2, 0.25) is 0 Å². The summed E-state index contributed by atoms with van der Waals surface area (Å²) < 4.78 is 1.19. The number of aryl methyl sites for hydroxylation is 1. The van der Waals surface area contributed by atoms with Crippen molar-refractivity contribution >= 4 is 21.6 Å². The highest BCUT2D eigenvalue weighted by Gasteiger charge is 2.32. The molecule has 1 saturated carbocycles. The fourth-order valence-electron chi connectivity index (χ4n) is 3.06. The molecule has 1 N–H and O–H groups in total. The number of benzene rings is 1. The molecule has 0 aliphatic heterocycles. The maximum Gasteiger partial charge on any atom is 0.0353 e. The highest BCUT2D eigenvalue weighted by molar-refractivity contribution is 9.10. The Bertz CT molecular complexity index is 425. The van der Waals surface area contributed by atoms with E-state index in [1.807, 2.05) is 0 Å². The first-order chi connectivity index (χ1) is 8.37. The van der Waals surface area contributed by atoms with Crippen molar-refractivity contribution in [2.75, 3.05) is 5.32 Å². The largest absolute Gasteiger partial charge is 0.382 e. The van der Waals surface area contributed by atoms with E-state index >= 15 is 0 Å². The minimum Gasteiger partial charge on any atom is -0.382 e. The third kappa shape index (κ3) is 3.28. The fraction of sp³-hybridized carbons (Fsp3) is 0.625. The summed E-state index contributed by atoms with van der Waals surface area (Å²) in [5.74, 6) is 0.744. The molecule has 1 aromatic rings. The smallest absolute Gasteiger partial charge is 0.0353 e. The highest BCUT2D eigenvalue weighted by atomic mass is 79.9. The lowest BCUT2D eigenvalue weighted by Crippen LogP contribution is -2.36. The summed E-state index contributed by atoms with van der Waals surface area (Å²) in [6.07, 6.45) is 3.92. The van der Waals surface area contributed by atoms with Crippen LogP contribution in [0.1, 0.15) is 45.6 Å². The zero-order valence-corrected chi connectivity index (χ0v) is 13.5. The van der Waals surface area contributed by atoms with E-state index in [0.29, 0.717) is 11.5 Å². The van der Waals surface area contributed by atoms with Gasteiger partial charge in [-0.15, -0.1) is 0 Å². The van der Waals surface area contributed by atoms with Crippen molar-refractivity contribution < 1.29 is 0 Å². The number of rotatable bonds is 2. The molecular weight excluding hydrogens is 286 g/mol. The van der Waals surface area contributed by atoms with Gasteiger partial charge in [-0.25, -0.2) is 0 Å². The van der Waals surface area contributed by atoms with Crippen molar-refractivity contribution in [3.8, 4) is 0 Å². The maximum atomic E-state index is 3.71. The molecule has 0 aromatic heterocycles. The predicted octanol–water partition coefficient (Wildman–Crippen LogP) is 5.38. The van der Waals surface area contributed by atoms with Gasteiger partial charge < -0.3 is 5.32 Å². The third-order valence-corrected chi connectivity index (χ3v) is 5.07. The second-order valence-corrected chi connectivity index (χ2v) is 7.45. The van der Waals surface area contributed by atoms with E-state index in [4.69, 9.17) is 0 Å². The molecule has 1 aromatic carbocycles. The number of halogens is 1. The first-order valence-corrected chi connectivity index (χ1v) is 7.69. The molecule has 2 unspecified atom stereocenters. The van der Waals surface area contributed by atoms with Crippen LogP contribution in [-0.2, 0) is 0 Å². The molecule has 18 heavy (non-hydrogen) atoms. The Balaban J connectivity index is 2.03. The number of nitrogens with one attached hydrogen (secondary N) is 1. The van der Waals surface area contributed by atoms with Gasteiger partial charge in [0.05, 0.1) is 0 Å². The van der Waals surface area contributed by atoms with Crippen molar-refractivity contribution in [2.24, 2.45) is 11.3 Å². The molecule has 1 aliphatic rings. The maximum absolute atomic E-state index is 3.71. The summed E-state index contributed by atoms with van der Waals surface area (Å²) in [6.45, 7) is 9.28. The van der Waals surface area contributed by atoms with Crippen LogP contribution >= 0.6 is 15.9 Å². The van der Waals surface area contributed by atoms with Crippen LogP contribution in [0.15, 0.2) is 22.7 Å². The molecule has 100 valence electrons. The minimum absolute atomic E-state index is 0.519. The van der Waals surface area contributed by atoms with Gasteiger partial charge in [-0.1, -0.05) is 42.8 Å². The zero-order chi connectivity index (χ0) is 13.3. The van der Waals surface area contributed by atoms with Crippen LogP contribution in [0.3, 0.4) is 0 Å². The van der Waals surface area contributed by atoms with E-state index < -0.39 is 0 Å². The first kappa shape index (κ1) is 13.9. The van der Waals surface area contributed by atoms with Gasteiger partial charge in [0.25, 0.3) is 0 Å². The monoisotopic (exact) mass is 309 g/mol. The normalized spacial score (nSPS) is 26.9. The van der Waals surface area contributed by atoms with Crippen LogP contribution in [0.25, 0.3) is 0 Å². The van der Waals surface area contributed by atoms with Crippen molar-refractivity contribution in [3.05, 3.63) is 28.2 Å². The highest BCUT2D eigenvalue weighted by Crippen LogP contribution is 2.39. The average molecular weight is 310 g/mol. The lowest BCUT2D eigenvalue weighted by Gasteiger charge is -2.40. The molecule has 2 heteroatoms. The Morgan fingerprint density at radius 3 is 2.67 bits per heavy atom. The summed E-state index contributed by atoms with van der Waals surface area (Å²) >= 11 is 3.60. The van der Waals surface area contributed by atoms with Gasteiger partial charge in [-0.05, 0) is 55.2 Å². The predicted molar refractivity (Wildman–Crippen MR) is 83.1 cm³/mol. The second-order valence-electron chi connectivity index (χ2n) is 6.60. The molecule has 0 bridgehead atoms. The molecule has 0 amide bonds. The van der Waals surface area contributed by atoms with Crippen molar-refractivity contribution in [1.29, 1.82) is 0 Å². The summed E-state index contributed by atoms with van der Waals surface area (Å²) in [5, 5.41) is 3.71. The molecule has 2 rings (SSSR count). The van der Waals surface area contributed by atoms with Gasteiger partial charge >= 0.3 is 0 Å². The Labute approximate surface area is 119 Å². The topological polar surface area (TPSA) is 12.0 Å². The van der Waals surface area contributed by atoms with E-state index in [9.17, 15) is 0 Å². The third-order valence-electron chi connectivity index (χ3n) is 4.22. The summed E-state index contributed by atoms with van der Waals surface area (Å²) in [7, 11) is 0. The number of hydrogen-bond acceptors (Lipinski definition) is 1. The summed E-state index contributed by atoms with van der Waals surface area (Å²) in [4.78, 5) is 0. The Morgan fingerprint density at radius 1 is 1.33 bits per heavy atom. The van der Waals surface area contributed by atoms with Crippen LogP contribution in [0.4, 0.5) is 5.69 Å². The Morgan fingerprint density at radius 2 is 2.06 bits per heavy atom. The van der Waals surface area contributed by atoms with Crippen LogP contribution in [0, 0.1) is 18.3 Å². The van der Waals surface area contributed by atoms with Gasteiger partial charge in [-0.2, -0.15) is 0 Å². The van der Waals surface area contributed by atoms with Gasteiger partial charge in [-0.3, -0.25) is 0 Å². The number of hydrogen-bond donors (Lipinski definition) is 1. The van der Waals surface area contributed by atoms with Gasteiger partial charge in [0, 0.05) is 16.2 Å². The van der Waals surface area contributed by atoms with Crippen LogP contribution in [-0.4, -0.2) is 6.04 Å². The SMILES string of the molecule is Cc1ccc(NC2CCC(C)(C)CC2C)cc1Br. The standard InChI is InChI=1S/C16H24BrN/c1-11-5-6-13(9-14(11)17)18-15-7-8-16(3,4)10-12(15)2/h5-6,9,12,15,18H,7-8,10H2,1-4H3. The molecule has 2 atom stereocenters. The van der Waals surface area contributed by atoms with Gasteiger partial charge in [0.15, 0.2) is 0 Å². The van der Waals surface area contributed by atoms with E-state index in [2.05, 4.69) is 67.1 Å². The van der Waals surface area contributed by atoms with Crippen molar-refractivity contribution in [2.45, 2.75) is 53.0 Å². The van der Waals surface area contributed by atoms with Crippen molar-refractivity contribution in [3.63, 3.8) is 0 Å². The van der Waals surface area contributed by atoms with E-state index in [0.717, 1.165) is 5.92 Å². The molecular formula is C16H24BrN. The molecule has 0 radical (unpaired) electrons. The molecule has 1 aliphatic carbocycles. The summed E-state index contributed by atoms with van der Waals surface area (Å²) in [5.41, 5.74) is 3.05. The average Bonchev–Trinajstić information content (AvgIpc) is 2.27. The van der Waals surface area contributed by atoms with Crippen LogP contribution in [0.2, 0.25) is 0 Å². The molecule has 0 heterocycles. The lowest BCUT2D eigenvalue weighted by atomic mass is 9.70.